The van der Waals surface area contributed by atoms with Gasteiger partial charge in [-0.3, -0.25) is 4.79 Å². The first-order valence-corrected chi connectivity index (χ1v) is 6.47. The van der Waals surface area contributed by atoms with E-state index in [4.69, 9.17) is 15.6 Å². The van der Waals surface area contributed by atoms with Gasteiger partial charge in [0.1, 0.15) is 0 Å². The lowest BCUT2D eigenvalue weighted by Crippen LogP contribution is -2.27. The van der Waals surface area contributed by atoms with Crippen molar-refractivity contribution in [2.24, 2.45) is 0 Å². The molecule has 1 rings (SSSR count). The average molecular weight is 281 g/mol. The molecule has 0 radical (unpaired) electrons. The van der Waals surface area contributed by atoms with Crippen LogP contribution in [0.1, 0.15) is 16.8 Å². The van der Waals surface area contributed by atoms with Gasteiger partial charge in [0.25, 0.3) is 5.91 Å². The molecule has 0 heterocycles. The van der Waals surface area contributed by atoms with Gasteiger partial charge in [-0.25, -0.2) is 0 Å². The number of aliphatic hydroxyl groups excluding tert-OH is 1. The number of ether oxygens (including phenoxy) is 1. The summed E-state index contributed by atoms with van der Waals surface area (Å²) in [6.07, 6.45) is 0.561. The minimum absolute atomic E-state index is 0.0253. The molecular formula is C14H23N3O3. The highest BCUT2D eigenvalue weighted by atomic mass is 16.5. The van der Waals surface area contributed by atoms with Gasteiger partial charge in [-0.1, -0.05) is 0 Å². The van der Waals surface area contributed by atoms with Gasteiger partial charge in [0, 0.05) is 33.4 Å². The highest BCUT2D eigenvalue weighted by molar-refractivity contribution is 5.95. The summed E-state index contributed by atoms with van der Waals surface area (Å²) in [5, 5.41) is 12.2. The van der Waals surface area contributed by atoms with Crippen LogP contribution in [0.5, 0.6) is 0 Å². The monoisotopic (exact) mass is 281 g/mol. The van der Waals surface area contributed by atoms with Crippen LogP contribution < -0.4 is 11.1 Å². The zero-order valence-electron chi connectivity index (χ0n) is 12.2. The van der Waals surface area contributed by atoms with Gasteiger partial charge in [-0.15, -0.1) is 0 Å². The minimum atomic E-state index is -0.0907. The smallest absolute Gasteiger partial charge is 0.253 e. The van der Waals surface area contributed by atoms with Crippen LogP contribution in [0, 0.1) is 0 Å². The molecule has 0 saturated heterocycles. The molecule has 0 aliphatic carbocycles. The third kappa shape index (κ3) is 4.40. The average Bonchev–Trinajstić information content (AvgIpc) is 2.40. The van der Waals surface area contributed by atoms with Crippen LogP contribution in [0.3, 0.4) is 0 Å². The van der Waals surface area contributed by atoms with Crippen molar-refractivity contribution in [3.8, 4) is 0 Å². The van der Waals surface area contributed by atoms with Crippen molar-refractivity contribution in [3.05, 3.63) is 23.8 Å². The van der Waals surface area contributed by atoms with Crippen LogP contribution in [0.4, 0.5) is 11.4 Å². The van der Waals surface area contributed by atoms with Gasteiger partial charge in [-0.05, 0) is 24.6 Å². The fourth-order valence-electron chi connectivity index (χ4n) is 1.86. The fraction of sp³-hybridized carbons (Fsp3) is 0.500. The number of nitrogens with one attached hydrogen (secondary N) is 1. The van der Waals surface area contributed by atoms with Gasteiger partial charge in [0.05, 0.1) is 24.0 Å². The maximum absolute atomic E-state index is 11.8. The van der Waals surface area contributed by atoms with Crippen molar-refractivity contribution in [1.29, 1.82) is 0 Å². The van der Waals surface area contributed by atoms with Crippen LogP contribution in [0.15, 0.2) is 18.2 Å². The predicted octanol–water partition coefficient (Wildman–Crippen LogP) is 0.780. The van der Waals surface area contributed by atoms with Crippen molar-refractivity contribution in [3.63, 3.8) is 0 Å². The highest BCUT2D eigenvalue weighted by Gasteiger charge is 2.13. The molecule has 0 aromatic heterocycles. The number of aliphatic hydroxyl groups is 1. The Morgan fingerprint density at radius 1 is 1.50 bits per heavy atom. The Kier molecular flexibility index (Phi) is 6.27. The molecule has 0 fully saturated rings. The highest BCUT2D eigenvalue weighted by Crippen LogP contribution is 2.22. The molecule has 0 aliphatic rings. The first-order valence-electron chi connectivity index (χ1n) is 6.47. The Bertz CT molecular complexity index is 443. The Labute approximate surface area is 119 Å². The van der Waals surface area contributed by atoms with E-state index in [1.807, 2.05) is 0 Å². The summed E-state index contributed by atoms with van der Waals surface area (Å²) in [4.78, 5) is 13.3. The lowest BCUT2D eigenvalue weighted by atomic mass is 10.1. The van der Waals surface area contributed by atoms with Crippen LogP contribution in [-0.4, -0.2) is 56.4 Å². The molecule has 1 unspecified atom stereocenters. The molecule has 0 spiro atoms. The number of nitrogen functional groups attached to an aromatic ring is 1. The molecule has 20 heavy (non-hydrogen) atoms. The van der Waals surface area contributed by atoms with Crippen molar-refractivity contribution < 1.29 is 14.6 Å². The van der Waals surface area contributed by atoms with E-state index < -0.39 is 0 Å². The number of nitrogens with zero attached hydrogens (tertiary/aromatic N) is 1. The summed E-state index contributed by atoms with van der Waals surface area (Å²) < 4.78 is 5.09. The van der Waals surface area contributed by atoms with Gasteiger partial charge >= 0.3 is 0 Å². The molecule has 1 aromatic rings. The summed E-state index contributed by atoms with van der Waals surface area (Å²) in [6.45, 7) is 0.538. The number of hydrogen-bond acceptors (Lipinski definition) is 5. The summed E-state index contributed by atoms with van der Waals surface area (Å²) >= 11 is 0. The van der Waals surface area contributed by atoms with E-state index in [-0.39, 0.29) is 18.6 Å². The third-order valence-corrected chi connectivity index (χ3v) is 2.91. The first kappa shape index (κ1) is 16.3. The first-order chi connectivity index (χ1) is 9.49. The number of nitrogens with two attached hydrogens (primary N) is 1. The normalized spacial score (nSPS) is 12.0. The van der Waals surface area contributed by atoms with Gasteiger partial charge in [-0.2, -0.15) is 0 Å². The fourth-order valence-corrected chi connectivity index (χ4v) is 1.86. The molecule has 1 amide bonds. The largest absolute Gasteiger partial charge is 0.397 e. The van der Waals surface area contributed by atoms with E-state index in [2.05, 4.69) is 5.32 Å². The zero-order valence-corrected chi connectivity index (χ0v) is 12.2. The Morgan fingerprint density at radius 2 is 2.20 bits per heavy atom. The molecule has 0 bridgehead atoms. The number of rotatable bonds is 7. The van der Waals surface area contributed by atoms with Crippen molar-refractivity contribution in [1.82, 2.24) is 4.90 Å². The molecule has 1 atom stereocenters. The minimum Gasteiger partial charge on any atom is -0.397 e. The van der Waals surface area contributed by atoms with Crippen molar-refractivity contribution in [2.75, 3.05) is 45.5 Å². The lowest BCUT2D eigenvalue weighted by molar-refractivity contribution is 0.0827. The SMILES string of the molecule is COCC(CCO)Nc1ccc(C(=O)N(C)C)cc1N. The quantitative estimate of drug-likeness (QED) is 0.643. The second-order valence-corrected chi connectivity index (χ2v) is 4.81. The summed E-state index contributed by atoms with van der Waals surface area (Å²) in [5.74, 6) is -0.0907. The maximum Gasteiger partial charge on any atom is 0.253 e. The van der Waals surface area contributed by atoms with E-state index in [1.54, 1.807) is 39.4 Å². The Balaban J connectivity index is 2.84. The number of hydrogen-bond donors (Lipinski definition) is 3. The van der Waals surface area contributed by atoms with Crippen molar-refractivity contribution in [2.45, 2.75) is 12.5 Å². The molecule has 0 aliphatic heterocycles. The third-order valence-electron chi connectivity index (χ3n) is 2.91. The van der Waals surface area contributed by atoms with E-state index in [9.17, 15) is 4.79 Å². The van der Waals surface area contributed by atoms with Gasteiger partial charge in [0.15, 0.2) is 0 Å². The molecule has 0 saturated carbocycles. The number of carbonyl (C=O) groups excluding carboxylic acids is 1. The summed E-state index contributed by atoms with van der Waals surface area (Å²) in [6, 6.07) is 5.12. The van der Waals surface area contributed by atoms with Crippen LogP contribution in [-0.2, 0) is 4.74 Å². The molecule has 6 heteroatoms. The zero-order chi connectivity index (χ0) is 15.1. The molecule has 112 valence electrons. The van der Waals surface area contributed by atoms with Crippen molar-refractivity contribution >= 4 is 17.3 Å². The molecule has 1 aromatic carbocycles. The van der Waals surface area contributed by atoms with Crippen LogP contribution >= 0.6 is 0 Å². The molecular weight excluding hydrogens is 258 g/mol. The summed E-state index contributed by atoms with van der Waals surface area (Å²) in [7, 11) is 5.00. The Hall–Kier alpha value is -1.79. The van der Waals surface area contributed by atoms with E-state index in [0.717, 1.165) is 5.69 Å². The van der Waals surface area contributed by atoms with Crippen LogP contribution in [0.2, 0.25) is 0 Å². The lowest BCUT2D eigenvalue weighted by Gasteiger charge is -2.20. The number of amides is 1. The predicted molar refractivity (Wildman–Crippen MR) is 79.9 cm³/mol. The number of benzene rings is 1. The van der Waals surface area contributed by atoms with E-state index >= 15 is 0 Å². The number of methoxy groups -OCH3 is 1. The molecule has 4 N–H and O–H groups in total. The number of carbonyl (C=O) groups is 1. The topological polar surface area (TPSA) is 87.8 Å². The van der Waals surface area contributed by atoms with Gasteiger partial charge < -0.3 is 25.8 Å². The summed E-state index contributed by atoms with van der Waals surface area (Å²) in [5.41, 5.74) is 7.74. The molecule has 6 nitrogen and oxygen atoms in total. The standard InChI is InChI=1S/C14H23N3O3/c1-17(2)14(19)10-4-5-13(12(15)8-10)16-11(6-7-18)9-20-3/h4-5,8,11,16,18H,6-7,9,15H2,1-3H3. The second-order valence-electron chi connectivity index (χ2n) is 4.81. The number of anilines is 2. The van der Waals surface area contributed by atoms with E-state index in [1.165, 1.54) is 4.90 Å². The second kappa shape index (κ2) is 7.72. The van der Waals surface area contributed by atoms with Crippen LogP contribution in [0.25, 0.3) is 0 Å². The van der Waals surface area contributed by atoms with Gasteiger partial charge in [0.2, 0.25) is 0 Å². The Morgan fingerprint density at radius 3 is 2.70 bits per heavy atom. The van der Waals surface area contributed by atoms with E-state index in [0.29, 0.717) is 24.3 Å². The maximum atomic E-state index is 11.8.